The van der Waals surface area contributed by atoms with Gasteiger partial charge in [-0.15, -0.1) is 34.7 Å². The Morgan fingerprint density at radius 3 is 2.52 bits per heavy atom. The van der Waals surface area contributed by atoms with Crippen molar-refractivity contribution in [3.63, 3.8) is 0 Å². The van der Waals surface area contributed by atoms with Gasteiger partial charge in [-0.1, -0.05) is 24.3 Å². The standard InChI is InChI=1S/C21H20ClF4NS2/c1-12(2)16(10-22)6-5-13(3)28-11-19-14(4)27-20(29-19)15-7-8-17(18(23)9-15)21(24,25)26/h5-9H,3,10-11H2,1-2,4H3/b6-5-. The topological polar surface area (TPSA) is 12.9 Å². The summed E-state index contributed by atoms with van der Waals surface area (Å²) in [6.07, 6.45) is -0.878. The van der Waals surface area contributed by atoms with Crippen LogP contribution in [0.1, 0.15) is 30.0 Å². The first-order chi connectivity index (χ1) is 13.5. The number of aryl methyl sites for hydroxylation is 1. The van der Waals surface area contributed by atoms with Crippen LogP contribution in [0.15, 0.2) is 53.0 Å². The van der Waals surface area contributed by atoms with Crippen molar-refractivity contribution in [2.75, 3.05) is 5.88 Å². The van der Waals surface area contributed by atoms with Crippen LogP contribution in [0.2, 0.25) is 0 Å². The number of thiazole rings is 1. The summed E-state index contributed by atoms with van der Waals surface area (Å²) < 4.78 is 52.0. The van der Waals surface area contributed by atoms with Gasteiger partial charge in [-0.3, -0.25) is 0 Å². The number of hydrogen-bond donors (Lipinski definition) is 0. The summed E-state index contributed by atoms with van der Waals surface area (Å²) in [6, 6.07) is 2.88. The van der Waals surface area contributed by atoms with Gasteiger partial charge in [0.2, 0.25) is 0 Å². The fourth-order valence-corrected chi connectivity index (χ4v) is 4.62. The Bertz CT molecular complexity index is 954. The average Bonchev–Trinajstić information content (AvgIpc) is 3.00. The van der Waals surface area contributed by atoms with Crippen molar-refractivity contribution < 1.29 is 17.6 Å². The van der Waals surface area contributed by atoms with E-state index in [0.29, 0.717) is 22.2 Å². The first kappa shape index (κ1) is 23.7. The van der Waals surface area contributed by atoms with Crippen LogP contribution in [0, 0.1) is 12.7 Å². The summed E-state index contributed by atoms with van der Waals surface area (Å²) in [4.78, 5) is 6.20. The second-order valence-corrected chi connectivity index (χ2v) is 8.92. The molecule has 8 heteroatoms. The Hall–Kier alpha value is -1.57. The Morgan fingerprint density at radius 2 is 1.97 bits per heavy atom. The molecule has 0 fully saturated rings. The summed E-state index contributed by atoms with van der Waals surface area (Å²) in [5, 5.41) is 0.487. The van der Waals surface area contributed by atoms with E-state index in [2.05, 4.69) is 11.6 Å². The minimum Gasteiger partial charge on any atom is -0.241 e. The molecule has 1 aromatic carbocycles. The van der Waals surface area contributed by atoms with E-state index in [1.807, 2.05) is 32.9 Å². The molecule has 156 valence electrons. The van der Waals surface area contributed by atoms with Crippen molar-refractivity contribution in [2.24, 2.45) is 0 Å². The van der Waals surface area contributed by atoms with Crippen LogP contribution in [-0.4, -0.2) is 10.9 Å². The highest BCUT2D eigenvalue weighted by Gasteiger charge is 2.34. The summed E-state index contributed by atoms with van der Waals surface area (Å²) in [7, 11) is 0. The lowest BCUT2D eigenvalue weighted by atomic mass is 10.1. The molecule has 1 nitrogen and oxygen atoms in total. The molecule has 0 amide bonds. The third-order valence-electron chi connectivity index (χ3n) is 4.06. The Kier molecular flexibility index (Phi) is 8.14. The quantitative estimate of drug-likeness (QED) is 0.234. The first-order valence-electron chi connectivity index (χ1n) is 8.58. The number of hydrogen-bond acceptors (Lipinski definition) is 3. The van der Waals surface area contributed by atoms with E-state index in [1.54, 1.807) is 0 Å². The van der Waals surface area contributed by atoms with E-state index in [4.69, 9.17) is 11.6 Å². The van der Waals surface area contributed by atoms with Gasteiger partial charge < -0.3 is 0 Å². The number of alkyl halides is 4. The Morgan fingerprint density at radius 1 is 1.28 bits per heavy atom. The van der Waals surface area contributed by atoms with Crippen molar-refractivity contribution in [3.8, 4) is 10.6 Å². The zero-order valence-corrected chi connectivity index (χ0v) is 18.6. The van der Waals surface area contributed by atoms with Crippen molar-refractivity contribution in [1.82, 2.24) is 4.98 Å². The van der Waals surface area contributed by atoms with Crippen LogP contribution < -0.4 is 0 Å². The molecule has 0 N–H and O–H groups in total. The van der Waals surface area contributed by atoms with Gasteiger partial charge in [-0.25, -0.2) is 9.37 Å². The number of aromatic nitrogens is 1. The molecule has 0 saturated heterocycles. The maximum Gasteiger partial charge on any atom is 0.419 e. The third kappa shape index (κ3) is 6.46. The van der Waals surface area contributed by atoms with E-state index in [0.717, 1.165) is 38.8 Å². The first-order valence-corrected chi connectivity index (χ1v) is 10.9. The molecule has 0 spiro atoms. The number of benzene rings is 1. The van der Waals surface area contributed by atoms with Crippen LogP contribution in [0.25, 0.3) is 10.6 Å². The van der Waals surface area contributed by atoms with Crippen molar-refractivity contribution in [2.45, 2.75) is 32.7 Å². The smallest absolute Gasteiger partial charge is 0.241 e. The minimum atomic E-state index is -4.72. The van der Waals surface area contributed by atoms with Gasteiger partial charge >= 0.3 is 6.18 Å². The van der Waals surface area contributed by atoms with Crippen molar-refractivity contribution >= 4 is 34.7 Å². The van der Waals surface area contributed by atoms with Gasteiger partial charge in [0.25, 0.3) is 0 Å². The molecule has 0 radical (unpaired) electrons. The molecule has 0 unspecified atom stereocenters. The zero-order chi connectivity index (χ0) is 21.8. The average molecular weight is 462 g/mol. The van der Waals surface area contributed by atoms with E-state index in [-0.39, 0.29) is 0 Å². The number of thioether (sulfide) groups is 1. The van der Waals surface area contributed by atoms with E-state index < -0.39 is 17.6 Å². The van der Waals surface area contributed by atoms with Gasteiger partial charge in [-0.2, -0.15) is 13.2 Å². The predicted molar refractivity (Wildman–Crippen MR) is 116 cm³/mol. The summed E-state index contributed by atoms with van der Waals surface area (Å²) in [5.41, 5.74) is 1.99. The van der Waals surface area contributed by atoms with Gasteiger partial charge in [-0.05, 0) is 44.6 Å². The molecule has 2 aromatic rings. The molecule has 2 rings (SSSR count). The molecule has 29 heavy (non-hydrogen) atoms. The maximum absolute atomic E-state index is 13.8. The second-order valence-electron chi connectivity index (χ2n) is 6.47. The normalized spacial score (nSPS) is 11.9. The van der Waals surface area contributed by atoms with Crippen LogP contribution in [0.4, 0.5) is 17.6 Å². The largest absolute Gasteiger partial charge is 0.419 e. The molecular formula is C21H20ClF4NS2. The fraction of sp³-hybridized carbons (Fsp3) is 0.286. The molecule has 0 aliphatic rings. The minimum absolute atomic E-state index is 0.328. The summed E-state index contributed by atoms with van der Waals surface area (Å²) in [6.45, 7) is 9.82. The van der Waals surface area contributed by atoms with Gasteiger partial charge in [0.15, 0.2) is 0 Å². The SMILES string of the molecule is C=C(/C=C\C(CCl)=C(C)C)SCc1sc(-c2ccc(C(F)(F)F)c(F)c2)nc1C. The molecule has 0 saturated carbocycles. The van der Waals surface area contributed by atoms with E-state index >= 15 is 0 Å². The van der Waals surface area contributed by atoms with E-state index in [1.165, 1.54) is 29.2 Å². The molecule has 1 aromatic heterocycles. The highest BCUT2D eigenvalue weighted by Crippen LogP contribution is 2.36. The van der Waals surface area contributed by atoms with Crippen molar-refractivity contribution in [3.05, 3.63) is 74.9 Å². The third-order valence-corrected chi connectivity index (χ3v) is 6.68. The van der Waals surface area contributed by atoms with Crippen molar-refractivity contribution in [1.29, 1.82) is 0 Å². The van der Waals surface area contributed by atoms with Gasteiger partial charge in [0.1, 0.15) is 10.8 Å². The lowest BCUT2D eigenvalue weighted by Crippen LogP contribution is -2.07. The molecule has 0 aliphatic carbocycles. The lowest BCUT2D eigenvalue weighted by molar-refractivity contribution is -0.139. The number of halogens is 5. The molecule has 1 heterocycles. The number of nitrogens with zero attached hydrogens (tertiary/aromatic N) is 1. The van der Waals surface area contributed by atoms with Crippen LogP contribution in [0.5, 0.6) is 0 Å². The van der Waals surface area contributed by atoms with Gasteiger partial charge in [0.05, 0.1) is 11.3 Å². The predicted octanol–water partition coefficient (Wildman–Crippen LogP) is 8.15. The van der Waals surface area contributed by atoms with Crippen LogP contribution >= 0.6 is 34.7 Å². The molecule has 0 aliphatic heterocycles. The van der Waals surface area contributed by atoms with Crippen LogP contribution in [0.3, 0.4) is 0 Å². The Labute approximate surface area is 181 Å². The molecule has 0 atom stereocenters. The molecule has 0 bridgehead atoms. The van der Waals surface area contributed by atoms with Gasteiger partial charge in [0, 0.05) is 27.0 Å². The molecular weight excluding hydrogens is 442 g/mol. The number of rotatable bonds is 7. The summed E-state index contributed by atoms with van der Waals surface area (Å²) in [5.74, 6) is -0.259. The Balaban J connectivity index is 2.11. The van der Waals surface area contributed by atoms with Crippen LogP contribution in [-0.2, 0) is 11.9 Å². The highest BCUT2D eigenvalue weighted by molar-refractivity contribution is 8.02. The zero-order valence-electron chi connectivity index (χ0n) is 16.2. The fourth-order valence-electron chi connectivity index (χ4n) is 2.31. The van der Waals surface area contributed by atoms with E-state index in [9.17, 15) is 17.6 Å². The second kappa shape index (κ2) is 9.96. The number of allylic oxidation sites excluding steroid dienone is 4. The lowest BCUT2D eigenvalue weighted by Gasteiger charge is -2.08. The summed E-state index contributed by atoms with van der Waals surface area (Å²) >= 11 is 8.77. The monoisotopic (exact) mass is 461 g/mol. The maximum atomic E-state index is 13.8. The highest BCUT2D eigenvalue weighted by atomic mass is 35.5.